The molecule has 0 spiro atoms. The number of halogens is 4. The van der Waals surface area contributed by atoms with Crippen molar-refractivity contribution in [3.8, 4) is 0 Å². The van der Waals surface area contributed by atoms with E-state index in [4.69, 9.17) is 23.2 Å². The van der Waals surface area contributed by atoms with Crippen molar-refractivity contribution in [1.82, 2.24) is 0 Å². The quantitative estimate of drug-likeness (QED) is 0.781. The molecule has 2 rings (SSSR count). The molecule has 0 aliphatic rings. The van der Waals surface area contributed by atoms with Crippen LogP contribution in [0.4, 0.5) is 14.5 Å². The first-order valence-electron chi connectivity index (χ1n) is 5.61. The highest BCUT2D eigenvalue weighted by Gasteiger charge is 2.05. The van der Waals surface area contributed by atoms with Crippen molar-refractivity contribution < 1.29 is 8.78 Å². The van der Waals surface area contributed by atoms with Gasteiger partial charge in [0.25, 0.3) is 6.43 Å². The van der Waals surface area contributed by atoms with Gasteiger partial charge in [0.2, 0.25) is 0 Å². The number of anilines is 1. The molecule has 2 aromatic rings. The van der Waals surface area contributed by atoms with Crippen LogP contribution in [0.25, 0.3) is 0 Å². The number of benzene rings is 2. The Kier molecular flexibility index (Phi) is 4.61. The Hall–Kier alpha value is -1.32. The lowest BCUT2D eigenvalue weighted by atomic mass is 10.1. The SMILES string of the molecule is FC(F)c1ccc(CNc2cc(Cl)cc(Cl)c2)cc1. The maximum atomic E-state index is 12.4. The summed E-state index contributed by atoms with van der Waals surface area (Å²) in [6, 6.07) is 11.3. The standard InChI is InChI=1S/C14H11Cl2F2N/c15-11-5-12(16)7-13(6-11)19-8-9-1-3-10(4-2-9)14(17)18/h1-7,14,19H,8H2. The van der Waals surface area contributed by atoms with E-state index >= 15 is 0 Å². The molecular weight excluding hydrogens is 291 g/mol. The molecule has 0 heterocycles. The minimum Gasteiger partial charge on any atom is -0.381 e. The zero-order valence-electron chi connectivity index (χ0n) is 9.84. The van der Waals surface area contributed by atoms with Gasteiger partial charge in [0.05, 0.1) is 0 Å². The summed E-state index contributed by atoms with van der Waals surface area (Å²) in [6.45, 7) is 0.514. The first kappa shape index (κ1) is 14.1. The zero-order valence-corrected chi connectivity index (χ0v) is 11.3. The van der Waals surface area contributed by atoms with Gasteiger partial charge in [-0.2, -0.15) is 0 Å². The van der Waals surface area contributed by atoms with E-state index < -0.39 is 6.43 Å². The molecule has 0 atom stereocenters. The lowest BCUT2D eigenvalue weighted by Gasteiger charge is -2.08. The Morgan fingerprint density at radius 1 is 0.947 bits per heavy atom. The molecule has 19 heavy (non-hydrogen) atoms. The molecule has 0 aliphatic heterocycles. The van der Waals surface area contributed by atoms with E-state index in [0.29, 0.717) is 16.6 Å². The van der Waals surface area contributed by atoms with E-state index in [0.717, 1.165) is 11.3 Å². The highest BCUT2D eigenvalue weighted by atomic mass is 35.5. The Bertz CT molecular complexity index is 536. The predicted molar refractivity (Wildman–Crippen MR) is 75.2 cm³/mol. The van der Waals surface area contributed by atoms with Crippen molar-refractivity contribution in [3.63, 3.8) is 0 Å². The summed E-state index contributed by atoms with van der Waals surface area (Å²) in [5.74, 6) is 0. The molecule has 0 aliphatic carbocycles. The van der Waals surface area contributed by atoms with Gasteiger partial charge in [-0.05, 0) is 23.8 Å². The zero-order chi connectivity index (χ0) is 13.8. The predicted octanol–water partition coefficient (Wildman–Crippen LogP) is 5.54. The summed E-state index contributed by atoms with van der Waals surface area (Å²) in [7, 11) is 0. The van der Waals surface area contributed by atoms with Gasteiger partial charge in [0.1, 0.15) is 0 Å². The van der Waals surface area contributed by atoms with Gasteiger partial charge in [-0.15, -0.1) is 0 Å². The summed E-state index contributed by atoms with van der Waals surface area (Å²) in [5.41, 5.74) is 1.71. The number of hydrogen-bond acceptors (Lipinski definition) is 1. The van der Waals surface area contributed by atoms with E-state index in [1.807, 2.05) is 0 Å². The van der Waals surface area contributed by atoms with Gasteiger partial charge in [0, 0.05) is 27.8 Å². The van der Waals surface area contributed by atoms with E-state index in [2.05, 4.69) is 5.32 Å². The van der Waals surface area contributed by atoms with Crippen LogP contribution in [0.15, 0.2) is 42.5 Å². The van der Waals surface area contributed by atoms with Crippen LogP contribution in [-0.2, 0) is 6.54 Å². The molecule has 0 aromatic heterocycles. The van der Waals surface area contributed by atoms with Crippen LogP contribution in [0.1, 0.15) is 17.6 Å². The molecule has 2 aromatic carbocycles. The van der Waals surface area contributed by atoms with Crippen molar-refractivity contribution in [2.75, 3.05) is 5.32 Å². The number of hydrogen-bond donors (Lipinski definition) is 1. The number of nitrogens with one attached hydrogen (secondary N) is 1. The van der Waals surface area contributed by atoms with Crippen molar-refractivity contribution in [2.45, 2.75) is 13.0 Å². The Balaban J connectivity index is 2.02. The topological polar surface area (TPSA) is 12.0 Å². The smallest absolute Gasteiger partial charge is 0.263 e. The molecule has 0 bridgehead atoms. The average Bonchev–Trinajstić information content (AvgIpc) is 2.36. The van der Waals surface area contributed by atoms with Gasteiger partial charge in [-0.25, -0.2) is 8.78 Å². The third-order valence-corrected chi connectivity index (χ3v) is 3.03. The lowest BCUT2D eigenvalue weighted by molar-refractivity contribution is 0.151. The van der Waals surface area contributed by atoms with E-state index in [1.165, 1.54) is 12.1 Å². The van der Waals surface area contributed by atoms with Gasteiger partial charge < -0.3 is 5.32 Å². The van der Waals surface area contributed by atoms with Crippen molar-refractivity contribution in [2.24, 2.45) is 0 Å². The molecular formula is C14H11Cl2F2N. The summed E-state index contributed by atoms with van der Waals surface area (Å²) in [4.78, 5) is 0. The first-order chi connectivity index (χ1) is 9.04. The normalized spacial score (nSPS) is 10.8. The number of rotatable bonds is 4. The number of alkyl halides is 2. The minimum absolute atomic E-state index is 0.0227. The minimum atomic E-state index is -2.44. The molecule has 0 amide bonds. The van der Waals surface area contributed by atoms with Gasteiger partial charge in [-0.1, -0.05) is 47.5 Å². The summed E-state index contributed by atoms with van der Waals surface area (Å²) < 4.78 is 24.8. The Morgan fingerprint density at radius 2 is 1.53 bits per heavy atom. The maximum absolute atomic E-state index is 12.4. The molecule has 100 valence electrons. The summed E-state index contributed by atoms with van der Waals surface area (Å²) in [6.07, 6.45) is -2.44. The van der Waals surface area contributed by atoms with Crippen LogP contribution in [0.3, 0.4) is 0 Å². The second-order valence-electron chi connectivity index (χ2n) is 4.05. The van der Waals surface area contributed by atoms with Crippen LogP contribution < -0.4 is 5.32 Å². The molecule has 1 nitrogen and oxygen atoms in total. The van der Waals surface area contributed by atoms with Crippen molar-refractivity contribution in [3.05, 3.63) is 63.6 Å². The second-order valence-corrected chi connectivity index (χ2v) is 4.93. The van der Waals surface area contributed by atoms with Crippen molar-refractivity contribution in [1.29, 1.82) is 0 Å². The largest absolute Gasteiger partial charge is 0.381 e. The van der Waals surface area contributed by atoms with Crippen LogP contribution in [0, 0.1) is 0 Å². The maximum Gasteiger partial charge on any atom is 0.263 e. The fourth-order valence-corrected chi connectivity index (χ4v) is 2.17. The van der Waals surface area contributed by atoms with E-state index in [-0.39, 0.29) is 5.56 Å². The molecule has 0 unspecified atom stereocenters. The summed E-state index contributed by atoms with van der Waals surface area (Å²) in [5, 5.41) is 4.22. The third kappa shape index (κ3) is 4.08. The van der Waals surface area contributed by atoms with Crippen LogP contribution >= 0.6 is 23.2 Å². The Labute approximate surface area is 120 Å². The van der Waals surface area contributed by atoms with Crippen molar-refractivity contribution >= 4 is 28.9 Å². The fourth-order valence-electron chi connectivity index (χ4n) is 1.64. The van der Waals surface area contributed by atoms with Crippen LogP contribution in [-0.4, -0.2) is 0 Å². The van der Waals surface area contributed by atoms with Gasteiger partial charge in [0.15, 0.2) is 0 Å². The molecule has 1 N–H and O–H groups in total. The average molecular weight is 302 g/mol. The van der Waals surface area contributed by atoms with Crippen LogP contribution in [0.2, 0.25) is 10.0 Å². The van der Waals surface area contributed by atoms with E-state index in [9.17, 15) is 8.78 Å². The monoisotopic (exact) mass is 301 g/mol. The fraction of sp³-hybridized carbons (Fsp3) is 0.143. The Morgan fingerprint density at radius 3 is 2.05 bits per heavy atom. The molecule has 0 radical (unpaired) electrons. The molecule has 0 fully saturated rings. The summed E-state index contributed by atoms with van der Waals surface area (Å²) >= 11 is 11.8. The van der Waals surface area contributed by atoms with Crippen LogP contribution in [0.5, 0.6) is 0 Å². The lowest BCUT2D eigenvalue weighted by Crippen LogP contribution is -1.99. The second kappa shape index (κ2) is 6.22. The third-order valence-electron chi connectivity index (χ3n) is 2.59. The highest BCUT2D eigenvalue weighted by Crippen LogP contribution is 2.23. The molecule has 0 saturated carbocycles. The highest BCUT2D eigenvalue weighted by molar-refractivity contribution is 6.35. The van der Waals surface area contributed by atoms with Gasteiger partial charge in [-0.3, -0.25) is 0 Å². The van der Waals surface area contributed by atoms with Gasteiger partial charge >= 0.3 is 0 Å². The molecule has 0 saturated heterocycles. The van der Waals surface area contributed by atoms with E-state index in [1.54, 1.807) is 30.3 Å². The molecule has 5 heteroatoms. The first-order valence-corrected chi connectivity index (χ1v) is 6.37.